The Kier molecular flexibility index (Phi) is 5.90. The molecular weight excluding hydrogens is 394 g/mol. The Morgan fingerprint density at radius 1 is 1.24 bits per heavy atom. The zero-order chi connectivity index (χ0) is 21.2. The summed E-state index contributed by atoms with van der Waals surface area (Å²) in [6, 6.07) is 7.64. The van der Waals surface area contributed by atoms with Gasteiger partial charge in [0.05, 0.1) is 12.1 Å². The third-order valence-electron chi connectivity index (χ3n) is 4.55. The van der Waals surface area contributed by atoms with Gasteiger partial charge >= 0.3 is 5.97 Å². The highest BCUT2D eigenvalue weighted by Gasteiger charge is 2.37. The van der Waals surface area contributed by atoms with Crippen molar-refractivity contribution < 1.29 is 22.7 Å². The second-order valence-electron chi connectivity index (χ2n) is 7.93. The maximum atomic E-state index is 12.8. The van der Waals surface area contributed by atoms with Gasteiger partial charge in [0, 0.05) is 18.1 Å². The van der Waals surface area contributed by atoms with E-state index in [2.05, 4.69) is 9.71 Å². The molecule has 1 fully saturated rings. The van der Waals surface area contributed by atoms with Crippen LogP contribution >= 0.6 is 0 Å². The van der Waals surface area contributed by atoms with Crippen molar-refractivity contribution in [2.24, 2.45) is 0 Å². The third kappa shape index (κ3) is 4.91. The molecule has 0 saturated carbocycles. The molecule has 0 aliphatic carbocycles. The lowest BCUT2D eigenvalue weighted by Gasteiger charge is -2.27. The van der Waals surface area contributed by atoms with Gasteiger partial charge in [0.15, 0.2) is 0 Å². The normalized spacial score (nSPS) is 17.5. The summed E-state index contributed by atoms with van der Waals surface area (Å²) in [7, 11) is -3.95. The number of fused-ring (bicyclic) bond motifs is 1. The molecule has 1 amide bonds. The Labute approximate surface area is 170 Å². The number of sulfonamides is 1. The number of hydrogen-bond donors (Lipinski definition) is 1. The van der Waals surface area contributed by atoms with Gasteiger partial charge in [-0.25, -0.2) is 17.9 Å². The largest absolute Gasteiger partial charge is 0.458 e. The molecule has 9 heteroatoms. The number of amides is 1. The molecule has 1 saturated heterocycles. The topological polar surface area (TPSA) is 106 Å². The Hall–Kier alpha value is -2.52. The molecule has 2 aromatic rings. The maximum Gasteiger partial charge on any atom is 0.329 e. The van der Waals surface area contributed by atoms with Crippen LogP contribution in [0.25, 0.3) is 10.9 Å². The summed E-state index contributed by atoms with van der Waals surface area (Å²) in [6.45, 7) is 5.24. The van der Waals surface area contributed by atoms with E-state index >= 15 is 0 Å². The van der Waals surface area contributed by atoms with Crippen LogP contribution in [-0.4, -0.2) is 54.9 Å². The van der Waals surface area contributed by atoms with Crippen LogP contribution in [0.15, 0.2) is 41.4 Å². The smallest absolute Gasteiger partial charge is 0.329 e. The number of nitrogens with zero attached hydrogens (tertiary/aromatic N) is 2. The van der Waals surface area contributed by atoms with Gasteiger partial charge in [0.1, 0.15) is 16.5 Å². The van der Waals surface area contributed by atoms with E-state index in [0.29, 0.717) is 30.3 Å². The number of carbonyl (C=O) groups excluding carboxylic acids is 2. The van der Waals surface area contributed by atoms with Crippen molar-refractivity contribution in [2.45, 2.75) is 50.2 Å². The van der Waals surface area contributed by atoms with E-state index in [0.717, 1.165) is 0 Å². The van der Waals surface area contributed by atoms with E-state index in [4.69, 9.17) is 4.74 Å². The number of nitrogens with one attached hydrogen (secondary N) is 1. The predicted molar refractivity (Wildman–Crippen MR) is 108 cm³/mol. The summed E-state index contributed by atoms with van der Waals surface area (Å²) in [4.78, 5) is 30.6. The molecule has 156 valence electrons. The number of hydrogen-bond acceptors (Lipinski definition) is 6. The summed E-state index contributed by atoms with van der Waals surface area (Å²) in [6.07, 6.45) is 2.68. The molecule has 2 heterocycles. The molecule has 3 rings (SSSR count). The van der Waals surface area contributed by atoms with Gasteiger partial charge in [-0.15, -0.1) is 0 Å². The zero-order valence-electron chi connectivity index (χ0n) is 16.7. The van der Waals surface area contributed by atoms with Crippen LogP contribution in [-0.2, 0) is 24.3 Å². The fourth-order valence-corrected chi connectivity index (χ4v) is 4.46. The first kappa shape index (κ1) is 21.2. The molecular formula is C20H25N3O5S. The lowest BCUT2D eigenvalue weighted by molar-refractivity contribution is -0.163. The van der Waals surface area contributed by atoms with Crippen LogP contribution in [0.5, 0.6) is 0 Å². The Morgan fingerprint density at radius 2 is 1.97 bits per heavy atom. The summed E-state index contributed by atoms with van der Waals surface area (Å²) in [5.74, 6) is -0.931. The highest BCUT2D eigenvalue weighted by molar-refractivity contribution is 7.89. The van der Waals surface area contributed by atoms with Gasteiger partial charge in [-0.3, -0.25) is 9.78 Å². The van der Waals surface area contributed by atoms with Gasteiger partial charge in [-0.1, -0.05) is 18.2 Å². The molecule has 1 atom stereocenters. The zero-order valence-corrected chi connectivity index (χ0v) is 17.5. The van der Waals surface area contributed by atoms with E-state index in [1.54, 1.807) is 45.0 Å². The van der Waals surface area contributed by atoms with E-state index in [1.165, 1.54) is 17.2 Å². The van der Waals surface area contributed by atoms with Crippen LogP contribution in [0.2, 0.25) is 0 Å². The molecule has 8 nitrogen and oxygen atoms in total. The van der Waals surface area contributed by atoms with Crippen LogP contribution in [0.1, 0.15) is 33.6 Å². The van der Waals surface area contributed by atoms with Gasteiger partial charge in [-0.2, -0.15) is 0 Å². The molecule has 1 N–H and O–H groups in total. The SMILES string of the molecule is CC(C)(C)OC(=O)[C@@H]1CCCN1C(=O)CNS(=O)(=O)c1cccc2cccnc12. The number of rotatable bonds is 5. The second-order valence-corrected chi connectivity index (χ2v) is 9.67. The number of ether oxygens (including phenoxy) is 1. The summed E-state index contributed by atoms with van der Waals surface area (Å²) in [5, 5.41) is 0.686. The summed E-state index contributed by atoms with van der Waals surface area (Å²) >= 11 is 0. The van der Waals surface area contributed by atoms with E-state index in [-0.39, 0.29) is 4.90 Å². The lowest BCUT2D eigenvalue weighted by Crippen LogP contribution is -2.47. The molecule has 1 aromatic heterocycles. The average molecular weight is 420 g/mol. The lowest BCUT2D eigenvalue weighted by atomic mass is 10.1. The minimum atomic E-state index is -3.95. The third-order valence-corrected chi connectivity index (χ3v) is 5.98. The van der Waals surface area contributed by atoms with Crippen LogP contribution < -0.4 is 4.72 Å². The number of esters is 1. The van der Waals surface area contributed by atoms with Gasteiger partial charge in [0.2, 0.25) is 15.9 Å². The maximum absolute atomic E-state index is 12.8. The molecule has 0 spiro atoms. The van der Waals surface area contributed by atoms with Gasteiger partial charge in [0.25, 0.3) is 0 Å². The summed E-state index contributed by atoms with van der Waals surface area (Å²) < 4.78 is 33.2. The van der Waals surface area contributed by atoms with Crippen molar-refractivity contribution in [3.8, 4) is 0 Å². The number of aromatic nitrogens is 1. The van der Waals surface area contributed by atoms with Gasteiger partial charge in [-0.05, 0) is 45.7 Å². The van der Waals surface area contributed by atoms with Crippen molar-refractivity contribution in [3.05, 3.63) is 36.5 Å². The molecule has 1 aromatic carbocycles. The minimum absolute atomic E-state index is 0.00788. The first-order chi connectivity index (χ1) is 13.6. The first-order valence-electron chi connectivity index (χ1n) is 9.44. The van der Waals surface area contributed by atoms with Gasteiger partial charge < -0.3 is 9.64 Å². The first-order valence-corrected chi connectivity index (χ1v) is 10.9. The standard InChI is InChI=1S/C20H25N3O5S/c1-20(2,3)28-19(25)15-9-6-12-23(15)17(24)13-22-29(26,27)16-10-4-7-14-8-5-11-21-18(14)16/h4-5,7-8,10-11,15,22H,6,9,12-13H2,1-3H3/t15-/m0/s1. The van der Waals surface area contributed by atoms with E-state index in [1.807, 2.05) is 0 Å². The van der Waals surface area contributed by atoms with Crippen molar-refractivity contribution in [1.82, 2.24) is 14.6 Å². The predicted octanol–water partition coefficient (Wildman–Crippen LogP) is 1.85. The number of carbonyl (C=O) groups is 2. The Morgan fingerprint density at radius 3 is 2.69 bits per heavy atom. The fourth-order valence-electron chi connectivity index (χ4n) is 3.31. The van der Waals surface area contributed by atoms with Crippen molar-refractivity contribution in [1.29, 1.82) is 0 Å². The van der Waals surface area contributed by atoms with Crippen molar-refractivity contribution in [2.75, 3.05) is 13.1 Å². The summed E-state index contributed by atoms with van der Waals surface area (Å²) in [5.41, 5.74) is -0.320. The van der Waals surface area contributed by atoms with Crippen LogP contribution in [0.4, 0.5) is 0 Å². The van der Waals surface area contributed by atoms with Crippen LogP contribution in [0, 0.1) is 0 Å². The highest BCUT2D eigenvalue weighted by Crippen LogP contribution is 2.22. The monoisotopic (exact) mass is 419 g/mol. The Bertz CT molecular complexity index is 1020. The van der Waals surface area contributed by atoms with Crippen molar-refractivity contribution in [3.63, 3.8) is 0 Å². The Balaban J connectivity index is 1.71. The number of para-hydroxylation sites is 1. The molecule has 29 heavy (non-hydrogen) atoms. The molecule has 0 bridgehead atoms. The molecule has 0 radical (unpaired) electrons. The second kappa shape index (κ2) is 8.08. The fraction of sp³-hybridized carbons (Fsp3) is 0.450. The minimum Gasteiger partial charge on any atom is -0.458 e. The van der Waals surface area contributed by atoms with Crippen molar-refractivity contribution >= 4 is 32.8 Å². The highest BCUT2D eigenvalue weighted by atomic mass is 32.2. The molecule has 1 aliphatic heterocycles. The number of benzene rings is 1. The van der Waals surface area contributed by atoms with Crippen LogP contribution in [0.3, 0.4) is 0 Å². The van der Waals surface area contributed by atoms with E-state index in [9.17, 15) is 18.0 Å². The average Bonchev–Trinajstić information content (AvgIpc) is 3.14. The quantitative estimate of drug-likeness (QED) is 0.742. The number of likely N-dealkylation sites (tertiary alicyclic amines) is 1. The van der Waals surface area contributed by atoms with E-state index < -0.39 is 40.1 Å². The number of pyridine rings is 1. The molecule has 0 unspecified atom stereocenters. The molecule has 1 aliphatic rings.